The molecule has 1 amide bonds. The van der Waals surface area contributed by atoms with Gasteiger partial charge in [0.25, 0.3) is 5.91 Å². The molecular weight excluding hydrogens is 324 g/mol. The van der Waals surface area contributed by atoms with Crippen LogP contribution in [0.2, 0.25) is 0 Å². The van der Waals surface area contributed by atoms with Crippen LogP contribution in [0.4, 0.5) is 0 Å². The summed E-state index contributed by atoms with van der Waals surface area (Å²) in [5, 5.41) is 4.13. The minimum atomic E-state index is -0.212. The summed E-state index contributed by atoms with van der Waals surface area (Å²) in [5.41, 5.74) is 1.92. The topological polar surface area (TPSA) is 72.2 Å². The van der Waals surface area contributed by atoms with E-state index in [9.17, 15) is 9.59 Å². The summed E-state index contributed by atoms with van der Waals surface area (Å²) in [7, 11) is 0. The first-order chi connectivity index (χ1) is 11.5. The average Bonchev–Trinajstić information content (AvgIpc) is 3.07. The number of aryl methyl sites for hydroxylation is 4. The Morgan fingerprint density at radius 1 is 1.25 bits per heavy atom. The van der Waals surface area contributed by atoms with E-state index < -0.39 is 0 Å². The highest BCUT2D eigenvalue weighted by molar-refractivity contribution is 7.11. The second-order valence-corrected chi connectivity index (χ2v) is 7.86. The smallest absolute Gasteiger partial charge is 0.256 e. The van der Waals surface area contributed by atoms with E-state index in [-0.39, 0.29) is 17.7 Å². The summed E-state index contributed by atoms with van der Waals surface area (Å²) in [5.74, 6) is 1.02. The van der Waals surface area contributed by atoms with Gasteiger partial charge in [-0.3, -0.25) is 9.59 Å². The number of furan rings is 1. The molecule has 2 aliphatic carbocycles. The summed E-state index contributed by atoms with van der Waals surface area (Å²) in [4.78, 5) is 31.0. The Morgan fingerprint density at radius 2 is 2.08 bits per heavy atom. The molecule has 1 N–H and O–H groups in total. The summed E-state index contributed by atoms with van der Waals surface area (Å²) in [6.07, 6.45) is 4.98. The van der Waals surface area contributed by atoms with Crippen LogP contribution in [0.5, 0.6) is 0 Å². The average molecular weight is 344 g/mol. The predicted octanol–water partition coefficient (Wildman–Crippen LogP) is 3.68. The summed E-state index contributed by atoms with van der Waals surface area (Å²) >= 11 is 1.71. The molecule has 4 rings (SSSR count). The number of carbonyl (C=O) groups excluding carboxylic acids is 2. The van der Waals surface area contributed by atoms with E-state index >= 15 is 0 Å². The van der Waals surface area contributed by atoms with Gasteiger partial charge in [0.15, 0.2) is 5.78 Å². The van der Waals surface area contributed by atoms with Crippen molar-refractivity contribution in [1.82, 2.24) is 10.3 Å². The standard InChI is InChI=1S/C18H20N2O3S/c1-9-15(16-12(21)6-4-7-13(16)23-9)18(22)20-11-5-3-8-14-17(11)19-10(2)24-14/h11H,3-8H2,1-2H3,(H,20,22). The first-order valence-electron chi connectivity index (χ1n) is 8.47. The van der Waals surface area contributed by atoms with Gasteiger partial charge in [0, 0.05) is 17.7 Å². The first kappa shape index (κ1) is 15.6. The number of amides is 1. The van der Waals surface area contributed by atoms with Gasteiger partial charge >= 0.3 is 0 Å². The van der Waals surface area contributed by atoms with Gasteiger partial charge < -0.3 is 9.73 Å². The molecule has 0 aromatic carbocycles. The van der Waals surface area contributed by atoms with Crippen LogP contribution in [-0.4, -0.2) is 16.7 Å². The molecule has 0 radical (unpaired) electrons. The summed E-state index contributed by atoms with van der Waals surface area (Å²) in [6, 6.07) is -0.0742. The number of nitrogens with one attached hydrogen (secondary N) is 1. The fraction of sp³-hybridized carbons (Fsp3) is 0.500. The van der Waals surface area contributed by atoms with Gasteiger partial charge in [-0.1, -0.05) is 0 Å². The van der Waals surface area contributed by atoms with E-state index in [4.69, 9.17) is 4.42 Å². The van der Waals surface area contributed by atoms with Crippen LogP contribution in [0.3, 0.4) is 0 Å². The predicted molar refractivity (Wildman–Crippen MR) is 90.7 cm³/mol. The molecule has 2 aromatic heterocycles. The fourth-order valence-electron chi connectivity index (χ4n) is 3.79. The molecular formula is C18H20N2O3S. The molecule has 0 fully saturated rings. The molecule has 1 unspecified atom stereocenters. The number of hydrogen-bond acceptors (Lipinski definition) is 5. The maximum Gasteiger partial charge on any atom is 0.256 e. The van der Waals surface area contributed by atoms with Gasteiger partial charge in [0.05, 0.1) is 27.9 Å². The second-order valence-electron chi connectivity index (χ2n) is 6.57. The van der Waals surface area contributed by atoms with Crippen molar-refractivity contribution in [3.63, 3.8) is 0 Å². The van der Waals surface area contributed by atoms with E-state index in [0.717, 1.165) is 42.8 Å². The lowest BCUT2D eigenvalue weighted by atomic mass is 9.92. The molecule has 1 atom stereocenters. The zero-order valence-corrected chi connectivity index (χ0v) is 14.7. The van der Waals surface area contributed by atoms with Crippen molar-refractivity contribution in [1.29, 1.82) is 0 Å². The van der Waals surface area contributed by atoms with Gasteiger partial charge in [-0.05, 0) is 39.5 Å². The minimum Gasteiger partial charge on any atom is -0.465 e. The lowest BCUT2D eigenvalue weighted by Gasteiger charge is -2.22. The van der Waals surface area contributed by atoms with Crippen LogP contribution < -0.4 is 5.32 Å². The van der Waals surface area contributed by atoms with Gasteiger partial charge in [-0.15, -0.1) is 11.3 Å². The van der Waals surface area contributed by atoms with Crippen LogP contribution >= 0.6 is 11.3 Å². The molecule has 24 heavy (non-hydrogen) atoms. The van der Waals surface area contributed by atoms with Crippen molar-refractivity contribution >= 4 is 23.0 Å². The summed E-state index contributed by atoms with van der Waals surface area (Å²) in [6.45, 7) is 3.76. The number of ketones is 1. The van der Waals surface area contributed by atoms with Crippen LogP contribution in [0.1, 0.15) is 79.5 Å². The molecule has 2 aromatic rings. The van der Waals surface area contributed by atoms with Crippen molar-refractivity contribution in [3.8, 4) is 0 Å². The molecule has 2 aliphatic rings. The van der Waals surface area contributed by atoms with Gasteiger partial charge in [0.1, 0.15) is 11.5 Å². The van der Waals surface area contributed by atoms with E-state index in [2.05, 4.69) is 10.3 Å². The summed E-state index contributed by atoms with van der Waals surface area (Å²) < 4.78 is 5.70. The maximum atomic E-state index is 12.9. The SMILES string of the molecule is Cc1nc2c(s1)CCCC2NC(=O)c1c(C)oc2c1C(=O)CCC2. The fourth-order valence-corrected chi connectivity index (χ4v) is 4.83. The second kappa shape index (κ2) is 5.84. The normalized spacial score (nSPS) is 19.8. The Morgan fingerprint density at radius 3 is 2.92 bits per heavy atom. The van der Waals surface area contributed by atoms with Crippen molar-refractivity contribution in [3.05, 3.63) is 38.2 Å². The van der Waals surface area contributed by atoms with Gasteiger partial charge in [-0.25, -0.2) is 4.98 Å². The number of carbonyl (C=O) groups is 2. The van der Waals surface area contributed by atoms with Crippen LogP contribution in [0, 0.1) is 13.8 Å². The number of fused-ring (bicyclic) bond motifs is 2. The highest BCUT2D eigenvalue weighted by Crippen LogP contribution is 2.34. The largest absolute Gasteiger partial charge is 0.465 e. The zero-order valence-electron chi connectivity index (χ0n) is 13.9. The zero-order chi connectivity index (χ0) is 16.8. The Balaban J connectivity index is 1.64. The molecule has 0 spiro atoms. The van der Waals surface area contributed by atoms with Gasteiger partial charge in [-0.2, -0.15) is 0 Å². The van der Waals surface area contributed by atoms with Crippen molar-refractivity contribution in [2.45, 2.75) is 58.4 Å². The Bertz CT molecular complexity index is 834. The van der Waals surface area contributed by atoms with E-state index in [0.29, 0.717) is 29.1 Å². The number of hydrogen-bond donors (Lipinski definition) is 1. The van der Waals surface area contributed by atoms with Crippen LogP contribution in [0.25, 0.3) is 0 Å². The maximum absolute atomic E-state index is 12.9. The molecule has 0 aliphatic heterocycles. The van der Waals surface area contributed by atoms with E-state index in [1.165, 1.54) is 4.88 Å². The van der Waals surface area contributed by atoms with Crippen molar-refractivity contribution in [2.24, 2.45) is 0 Å². The third-order valence-corrected chi connectivity index (χ3v) is 5.88. The third kappa shape index (κ3) is 2.49. The molecule has 5 nitrogen and oxygen atoms in total. The van der Waals surface area contributed by atoms with Crippen molar-refractivity contribution in [2.75, 3.05) is 0 Å². The Kier molecular flexibility index (Phi) is 3.79. The third-order valence-electron chi connectivity index (χ3n) is 4.84. The monoisotopic (exact) mass is 344 g/mol. The Hall–Kier alpha value is -1.95. The van der Waals surface area contributed by atoms with Crippen LogP contribution in [-0.2, 0) is 12.8 Å². The first-order valence-corrected chi connectivity index (χ1v) is 9.28. The number of nitrogens with zero attached hydrogens (tertiary/aromatic N) is 1. The Labute approximate surface area is 144 Å². The lowest BCUT2D eigenvalue weighted by Crippen LogP contribution is -2.32. The molecule has 2 heterocycles. The van der Waals surface area contributed by atoms with Crippen LogP contribution in [0.15, 0.2) is 4.42 Å². The van der Waals surface area contributed by atoms with E-state index in [1.54, 1.807) is 18.3 Å². The van der Waals surface area contributed by atoms with E-state index in [1.807, 2.05) is 6.92 Å². The highest BCUT2D eigenvalue weighted by Gasteiger charge is 2.32. The molecule has 0 saturated carbocycles. The number of rotatable bonds is 2. The molecule has 0 bridgehead atoms. The molecule has 0 saturated heterocycles. The lowest BCUT2D eigenvalue weighted by molar-refractivity contribution is 0.0912. The molecule has 6 heteroatoms. The quantitative estimate of drug-likeness (QED) is 0.902. The molecule has 126 valence electrons. The minimum absolute atomic E-state index is 0.0204. The number of aromatic nitrogens is 1. The van der Waals surface area contributed by atoms with Gasteiger partial charge in [0.2, 0.25) is 0 Å². The van der Waals surface area contributed by atoms with Crippen molar-refractivity contribution < 1.29 is 14.0 Å². The highest BCUT2D eigenvalue weighted by atomic mass is 32.1. The number of Topliss-reactive ketones (excluding diaryl/α,β-unsaturated/α-hetero) is 1. The number of thiazole rings is 1.